The molecule has 1 aromatic carbocycles. The molecule has 1 nitrogen and oxygen atoms in total. The molecular weight excluding hydrogens is 232 g/mol. The highest BCUT2D eigenvalue weighted by Gasteiger charge is 2.17. The fourth-order valence-electron chi connectivity index (χ4n) is 2.12. The molecule has 0 saturated carbocycles. The van der Waals surface area contributed by atoms with Crippen molar-refractivity contribution in [3.63, 3.8) is 0 Å². The molecule has 0 unspecified atom stereocenters. The van der Waals surface area contributed by atoms with Crippen LogP contribution in [0.2, 0.25) is 5.02 Å². The van der Waals surface area contributed by atoms with Gasteiger partial charge in [0.1, 0.15) is 0 Å². The third-order valence-electron chi connectivity index (χ3n) is 3.08. The van der Waals surface area contributed by atoms with E-state index in [1.807, 2.05) is 0 Å². The largest absolute Gasteiger partial charge is 0.317 e. The van der Waals surface area contributed by atoms with E-state index in [1.165, 1.54) is 0 Å². The minimum absolute atomic E-state index is 0.0569. The first-order chi connectivity index (χ1) is 7.68. The molecule has 0 amide bonds. The predicted octanol–water partition coefficient (Wildman–Crippen LogP) is 3.16. The molecule has 1 aromatic rings. The Labute approximate surface area is 98.8 Å². The van der Waals surface area contributed by atoms with Crippen molar-refractivity contribution in [2.24, 2.45) is 5.92 Å². The Hall–Kier alpha value is -0.670. The number of hydrogen-bond donors (Lipinski definition) is 1. The third kappa shape index (κ3) is 2.53. The maximum absolute atomic E-state index is 13.2. The smallest absolute Gasteiger partial charge is 0.177 e. The highest BCUT2D eigenvalue weighted by atomic mass is 35.5. The van der Waals surface area contributed by atoms with Crippen LogP contribution in [0, 0.1) is 17.6 Å². The van der Waals surface area contributed by atoms with Crippen molar-refractivity contribution in [2.45, 2.75) is 19.3 Å². The zero-order chi connectivity index (χ0) is 11.5. The average molecular weight is 246 g/mol. The van der Waals surface area contributed by atoms with Crippen LogP contribution in [0.3, 0.4) is 0 Å². The molecule has 1 N–H and O–H groups in total. The van der Waals surface area contributed by atoms with E-state index in [-0.39, 0.29) is 5.02 Å². The Bertz CT molecular complexity index is 376. The van der Waals surface area contributed by atoms with Gasteiger partial charge in [-0.25, -0.2) is 8.78 Å². The second kappa shape index (κ2) is 5.11. The van der Waals surface area contributed by atoms with Crippen LogP contribution in [0.4, 0.5) is 8.78 Å². The quantitative estimate of drug-likeness (QED) is 0.790. The Balaban J connectivity index is 2.11. The van der Waals surface area contributed by atoms with Gasteiger partial charge in [0.2, 0.25) is 0 Å². The Morgan fingerprint density at radius 1 is 1.25 bits per heavy atom. The summed E-state index contributed by atoms with van der Waals surface area (Å²) in [5, 5.41) is 3.21. The minimum atomic E-state index is -0.923. The summed E-state index contributed by atoms with van der Waals surface area (Å²) in [7, 11) is 0. The van der Waals surface area contributed by atoms with E-state index in [0.29, 0.717) is 11.5 Å². The van der Waals surface area contributed by atoms with Crippen LogP contribution < -0.4 is 5.32 Å². The topological polar surface area (TPSA) is 12.0 Å². The van der Waals surface area contributed by atoms with Crippen molar-refractivity contribution < 1.29 is 8.78 Å². The summed E-state index contributed by atoms with van der Waals surface area (Å²) in [5.41, 5.74) is 0.715. The molecule has 1 saturated heterocycles. The summed E-state index contributed by atoms with van der Waals surface area (Å²) in [5.74, 6) is -1.28. The standard InChI is InChI=1S/C12H14ClF2N/c13-11-9(1-2-10(14)12(11)15)7-8-3-5-16-6-4-8/h1-2,8,16H,3-7H2. The molecule has 1 fully saturated rings. The Morgan fingerprint density at radius 3 is 2.62 bits per heavy atom. The molecule has 0 spiro atoms. The summed E-state index contributed by atoms with van der Waals surface area (Å²) in [6.45, 7) is 1.98. The first kappa shape index (κ1) is 11.8. The highest BCUT2D eigenvalue weighted by molar-refractivity contribution is 6.31. The minimum Gasteiger partial charge on any atom is -0.317 e. The third-order valence-corrected chi connectivity index (χ3v) is 3.49. The van der Waals surface area contributed by atoms with E-state index in [4.69, 9.17) is 11.6 Å². The predicted molar refractivity (Wildman–Crippen MR) is 60.7 cm³/mol. The zero-order valence-corrected chi connectivity index (χ0v) is 9.66. The van der Waals surface area contributed by atoms with Gasteiger partial charge in [-0.05, 0) is 49.9 Å². The molecule has 0 radical (unpaired) electrons. The van der Waals surface area contributed by atoms with Gasteiger partial charge in [0.15, 0.2) is 11.6 Å². The second-order valence-corrected chi connectivity index (χ2v) is 4.61. The van der Waals surface area contributed by atoms with Crippen LogP contribution in [-0.2, 0) is 6.42 Å². The van der Waals surface area contributed by atoms with E-state index in [2.05, 4.69) is 5.32 Å². The van der Waals surface area contributed by atoms with Crippen molar-refractivity contribution in [1.82, 2.24) is 5.32 Å². The van der Waals surface area contributed by atoms with Crippen molar-refractivity contribution in [3.8, 4) is 0 Å². The summed E-state index contributed by atoms with van der Waals surface area (Å²) < 4.78 is 26.1. The number of nitrogens with one attached hydrogen (secondary N) is 1. The normalized spacial score (nSPS) is 17.7. The lowest BCUT2D eigenvalue weighted by Gasteiger charge is -2.23. The molecule has 0 atom stereocenters. The lowest BCUT2D eigenvalue weighted by atomic mass is 9.91. The van der Waals surface area contributed by atoms with Gasteiger partial charge in [-0.2, -0.15) is 0 Å². The van der Waals surface area contributed by atoms with Crippen LogP contribution in [0.25, 0.3) is 0 Å². The van der Waals surface area contributed by atoms with E-state index in [9.17, 15) is 8.78 Å². The van der Waals surface area contributed by atoms with E-state index in [1.54, 1.807) is 6.07 Å². The van der Waals surface area contributed by atoms with Crippen molar-refractivity contribution >= 4 is 11.6 Å². The second-order valence-electron chi connectivity index (χ2n) is 4.23. The number of benzene rings is 1. The van der Waals surface area contributed by atoms with E-state index in [0.717, 1.165) is 38.4 Å². The van der Waals surface area contributed by atoms with E-state index >= 15 is 0 Å². The molecule has 1 heterocycles. The Morgan fingerprint density at radius 2 is 1.94 bits per heavy atom. The van der Waals surface area contributed by atoms with Crippen LogP contribution in [-0.4, -0.2) is 13.1 Å². The monoisotopic (exact) mass is 245 g/mol. The molecule has 2 rings (SSSR count). The van der Waals surface area contributed by atoms with Crippen molar-refractivity contribution in [2.75, 3.05) is 13.1 Å². The lowest BCUT2D eigenvalue weighted by molar-refractivity contribution is 0.372. The van der Waals surface area contributed by atoms with Crippen LogP contribution in [0.5, 0.6) is 0 Å². The maximum Gasteiger partial charge on any atom is 0.177 e. The van der Waals surface area contributed by atoms with Crippen molar-refractivity contribution in [1.29, 1.82) is 0 Å². The van der Waals surface area contributed by atoms with Gasteiger partial charge in [0, 0.05) is 0 Å². The van der Waals surface area contributed by atoms with Gasteiger partial charge in [0.05, 0.1) is 5.02 Å². The van der Waals surface area contributed by atoms with Crippen LogP contribution >= 0.6 is 11.6 Å². The number of halogens is 3. The van der Waals surface area contributed by atoms with Gasteiger partial charge in [-0.3, -0.25) is 0 Å². The number of piperidine rings is 1. The zero-order valence-electron chi connectivity index (χ0n) is 8.90. The van der Waals surface area contributed by atoms with E-state index < -0.39 is 11.6 Å². The summed E-state index contributed by atoms with van der Waals surface area (Å²) in [4.78, 5) is 0. The number of hydrogen-bond acceptors (Lipinski definition) is 1. The molecule has 1 aliphatic heterocycles. The molecule has 0 aliphatic carbocycles. The first-order valence-electron chi connectivity index (χ1n) is 5.51. The average Bonchev–Trinajstić information content (AvgIpc) is 2.31. The van der Waals surface area contributed by atoms with Gasteiger partial charge in [-0.15, -0.1) is 0 Å². The van der Waals surface area contributed by atoms with Gasteiger partial charge in [0.25, 0.3) is 0 Å². The molecule has 88 valence electrons. The molecule has 16 heavy (non-hydrogen) atoms. The van der Waals surface area contributed by atoms with Crippen LogP contribution in [0.1, 0.15) is 18.4 Å². The first-order valence-corrected chi connectivity index (χ1v) is 5.89. The summed E-state index contributed by atoms with van der Waals surface area (Å²) in [6, 6.07) is 2.74. The summed E-state index contributed by atoms with van der Waals surface area (Å²) >= 11 is 5.79. The van der Waals surface area contributed by atoms with Gasteiger partial charge >= 0.3 is 0 Å². The van der Waals surface area contributed by atoms with Gasteiger partial charge < -0.3 is 5.32 Å². The molecular formula is C12H14ClF2N. The fraction of sp³-hybridized carbons (Fsp3) is 0.500. The van der Waals surface area contributed by atoms with Gasteiger partial charge in [-0.1, -0.05) is 17.7 Å². The maximum atomic E-state index is 13.2. The molecule has 0 aromatic heterocycles. The van der Waals surface area contributed by atoms with Crippen molar-refractivity contribution in [3.05, 3.63) is 34.4 Å². The lowest BCUT2D eigenvalue weighted by Crippen LogP contribution is -2.28. The Kier molecular flexibility index (Phi) is 3.77. The number of rotatable bonds is 2. The fourth-order valence-corrected chi connectivity index (χ4v) is 2.35. The highest BCUT2D eigenvalue weighted by Crippen LogP contribution is 2.27. The SMILES string of the molecule is Fc1ccc(CC2CCNCC2)c(Cl)c1F. The molecule has 4 heteroatoms. The van der Waals surface area contributed by atoms with Crippen LogP contribution in [0.15, 0.2) is 12.1 Å². The summed E-state index contributed by atoms with van der Waals surface area (Å²) in [6.07, 6.45) is 2.86. The molecule has 0 bridgehead atoms. The molecule has 1 aliphatic rings.